The number of rotatable bonds is 8. The molecular formula is C40H45ClN4O5. The van der Waals surface area contributed by atoms with Crippen molar-refractivity contribution in [2.45, 2.75) is 32.9 Å². The number of methoxy groups -OCH3 is 1. The Labute approximate surface area is 299 Å². The number of halogens is 1. The molecule has 0 atom stereocenters. The summed E-state index contributed by atoms with van der Waals surface area (Å²) in [7, 11) is 1.37. The first kappa shape index (κ1) is 35.1. The monoisotopic (exact) mass is 696 g/mol. The minimum absolute atomic E-state index is 0.288. The Kier molecular flexibility index (Phi) is 10.8. The third-order valence-electron chi connectivity index (χ3n) is 9.00. The number of benzene rings is 4. The van der Waals surface area contributed by atoms with Crippen LogP contribution in [0.4, 0.5) is 16.2 Å². The van der Waals surface area contributed by atoms with E-state index in [4.69, 9.17) is 25.8 Å². The van der Waals surface area contributed by atoms with E-state index in [1.165, 1.54) is 23.8 Å². The van der Waals surface area contributed by atoms with Crippen LogP contribution in [0.5, 0.6) is 11.5 Å². The SMILES string of the molecule is COC(=O)c1ccc(N2CCN(Cc3cc(Cl)ccc3-c3ccccc3)CC2)cc1Oc1cccc(N2CCN(C(=O)OC(C)(C)C)CC2)c1. The molecule has 9 nitrogen and oxygen atoms in total. The van der Waals surface area contributed by atoms with Crippen LogP contribution in [0.15, 0.2) is 91.0 Å². The summed E-state index contributed by atoms with van der Waals surface area (Å²) in [6.45, 7) is 12.3. The van der Waals surface area contributed by atoms with E-state index in [-0.39, 0.29) is 6.09 Å². The Morgan fingerprint density at radius 3 is 2.10 bits per heavy atom. The first-order chi connectivity index (χ1) is 24.1. The van der Waals surface area contributed by atoms with E-state index in [1.807, 2.05) is 69.3 Å². The van der Waals surface area contributed by atoms with Crippen molar-refractivity contribution in [2.75, 3.05) is 69.3 Å². The van der Waals surface area contributed by atoms with Crippen LogP contribution in [0.2, 0.25) is 5.02 Å². The maximum atomic E-state index is 12.8. The number of anilines is 2. The van der Waals surface area contributed by atoms with Gasteiger partial charge in [0.05, 0.1) is 7.11 Å². The van der Waals surface area contributed by atoms with Gasteiger partial charge in [-0.25, -0.2) is 9.59 Å². The van der Waals surface area contributed by atoms with Crippen LogP contribution in [-0.2, 0) is 16.0 Å². The summed E-state index contributed by atoms with van der Waals surface area (Å²) in [6.07, 6.45) is -0.288. The highest BCUT2D eigenvalue weighted by Gasteiger charge is 2.27. The third kappa shape index (κ3) is 8.70. The van der Waals surface area contributed by atoms with Gasteiger partial charge in [0.1, 0.15) is 22.7 Å². The van der Waals surface area contributed by atoms with E-state index in [1.54, 1.807) is 11.0 Å². The molecule has 262 valence electrons. The molecule has 2 heterocycles. The van der Waals surface area contributed by atoms with Crippen molar-refractivity contribution in [1.29, 1.82) is 0 Å². The van der Waals surface area contributed by atoms with Gasteiger partial charge in [-0.05, 0) is 73.9 Å². The number of carbonyl (C=O) groups excluding carboxylic acids is 2. The molecule has 10 heteroatoms. The molecule has 0 aromatic heterocycles. The molecule has 0 spiro atoms. The van der Waals surface area contributed by atoms with Crippen LogP contribution >= 0.6 is 11.6 Å². The van der Waals surface area contributed by atoms with Gasteiger partial charge < -0.3 is 28.9 Å². The smallest absolute Gasteiger partial charge is 0.410 e. The van der Waals surface area contributed by atoms with Crippen molar-refractivity contribution >= 4 is 35.0 Å². The average molecular weight is 697 g/mol. The van der Waals surface area contributed by atoms with Gasteiger partial charge >= 0.3 is 12.1 Å². The number of piperazine rings is 2. The van der Waals surface area contributed by atoms with E-state index in [0.29, 0.717) is 43.2 Å². The van der Waals surface area contributed by atoms with Crippen LogP contribution in [0.3, 0.4) is 0 Å². The van der Waals surface area contributed by atoms with Gasteiger partial charge in [0.15, 0.2) is 0 Å². The maximum Gasteiger partial charge on any atom is 0.410 e. The Balaban J connectivity index is 1.12. The zero-order valence-electron chi connectivity index (χ0n) is 29.2. The molecule has 4 aromatic carbocycles. The van der Waals surface area contributed by atoms with Gasteiger partial charge in [0.2, 0.25) is 0 Å². The number of hydrogen-bond donors (Lipinski definition) is 0. The molecule has 6 rings (SSSR count). The van der Waals surface area contributed by atoms with E-state index in [0.717, 1.165) is 49.1 Å². The van der Waals surface area contributed by atoms with E-state index < -0.39 is 11.6 Å². The van der Waals surface area contributed by atoms with Crippen molar-refractivity contribution in [1.82, 2.24) is 9.80 Å². The zero-order chi connectivity index (χ0) is 35.3. The molecule has 50 heavy (non-hydrogen) atoms. The predicted octanol–water partition coefficient (Wildman–Crippen LogP) is 7.97. The maximum absolute atomic E-state index is 12.8. The molecule has 4 aromatic rings. The molecule has 2 saturated heterocycles. The third-order valence-corrected chi connectivity index (χ3v) is 9.23. The minimum Gasteiger partial charge on any atom is -0.465 e. The number of amides is 1. The lowest BCUT2D eigenvalue weighted by Crippen LogP contribution is -2.50. The average Bonchev–Trinajstić information content (AvgIpc) is 3.11. The summed E-state index contributed by atoms with van der Waals surface area (Å²) >= 11 is 6.43. The van der Waals surface area contributed by atoms with Crippen molar-refractivity contribution in [3.05, 3.63) is 107 Å². The van der Waals surface area contributed by atoms with Gasteiger partial charge in [-0.2, -0.15) is 0 Å². The molecular weight excluding hydrogens is 652 g/mol. The second-order valence-electron chi connectivity index (χ2n) is 13.7. The van der Waals surface area contributed by atoms with Crippen molar-refractivity contribution < 1.29 is 23.8 Å². The Morgan fingerprint density at radius 1 is 0.740 bits per heavy atom. The van der Waals surface area contributed by atoms with Crippen molar-refractivity contribution in [2.24, 2.45) is 0 Å². The second kappa shape index (κ2) is 15.4. The second-order valence-corrected chi connectivity index (χ2v) is 14.1. The van der Waals surface area contributed by atoms with Crippen LogP contribution in [0, 0.1) is 0 Å². The number of nitrogens with zero attached hydrogens (tertiary/aromatic N) is 4. The van der Waals surface area contributed by atoms with Crippen molar-refractivity contribution in [3.8, 4) is 22.6 Å². The topological polar surface area (TPSA) is 74.8 Å². The largest absolute Gasteiger partial charge is 0.465 e. The summed E-state index contributed by atoms with van der Waals surface area (Å²) in [5, 5.41) is 0.739. The number of hydrogen-bond acceptors (Lipinski definition) is 8. The fourth-order valence-electron chi connectivity index (χ4n) is 6.41. The van der Waals surface area contributed by atoms with E-state index in [9.17, 15) is 9.59 Å². The van der Waals surface area contributed by atoms with Gasteiger partial charge in [0, 0.05) is 87.4 Å². The van der Waals surface area contributed by atoms with Crippen molar-refractivity contribution in [3.63, 3.8) is 0 Å². The van der Waals surface area contributed by atoms with Crippen LogP contribution in [-0.4, -0.2) is 86.9 Å². The highest BCUT2D eigenvalue weighted by molar-refractivity contribution is 6.30. The number of esters is 1. The van der Waals surface area contributed by atoms with Crippen LogP contribution in [0.25, 0.3) is 11.1 Å². The molecule has 0 saturated carbocycles. The highest BCUT2D eigenvalue weighted by atomic mass is 35.5. The fraction of sp³-hybridized carbons (Fsp3) is 0.350. The Bertz CT molecular complexity index is 1800. The highest BCUT2D eigenvalue weighted by Crippen LogP contribution is 2.34. The number of carbonyl (C=O) groups is 2. The lowest BCUT2D eigenvalue weighted by molar-refractivity contribution is 0.0240. The number of ether oxygens (including phenoxy) is 3. The predicted molar refractivity (Wildman–Crippen MR) is 199 cm³/mol. The summed E-state index contributed by atoms with van der Waals surface area (Å²) < 4.78 is 17.1. The van der Waals surface area contributed by atoms with Crippen LogP contribution in [0.1, 0.15) is 36.7 Å². The molecule has 1 amide bonds. The van der Waals surface area contributed by atoms with Gasteiger partial charge in [-0.1, -0.05) is 54.1 Å². The van der Waals surface area contributed by atoms with Gasteiger partial charge in [-0.15, -0.1) is 0 Å². The standard InChI is InChI=1S/C40H45ClN4O5/c1-40(2,3)50-39(47)45-23-21-44(22-24-45)32-11-8-12-34(26-32)49-37-27-33(14-16-36(37)38(46)48-4)43-19-17-42(18-20-43)28-30-25-31(41)13-15-35(30)29-9-6-5-7-10-29/h5-16,25-27H,17-24,28H2,1-4H3. The molecule has 0 aliphatic carbocycles. The lowest BCUT2D eigenvalue weighted by atomic mass is 9.99. The Hall–Kier alpha value is -4.73. The molecule has 0 N–H and O–H groups in total. The minimum atomic E-state index is -0.528. The first-order valence-electron chi connectivity index (χ1n) is 17.1. The normalized spacial score (nSPS) is 15.5. The molecule has 2 fully saturated rings. The van der Waals surface area contributed by atoms with Gasteiger partial charge in [0.25, 0.3) is 0 Å². The van der Waals surface area contributed by atoms with E-state index >= 15 is 0 Å². The Morgan fingerprint density at radius 2 is 1.42 bits per heavy atom. The molecule has 0 radical (unpaired) electrons. The molecule has 2 aliphatic heterocycles. The molecule has 2 aliphatic rings. The zero-order valence-corrected chi connectivity index (χ0v) is 30.0. The lowest BCUT2D eigenvalue weighted by Gasteiger charge is -2.37. The molecule has 0 unspecified atom stereocenters. The molecule has 0 bridgehead atoms. The quantitative estimate of drug-likeness (QED) is 0.172. The summed E-state index contributed by atoms with van der Waals surface area (Å²) in [4.78, 5) is 34.1. The van der Waals surface area contributed by atoms with Gasteiger partial charge in [-0.3, -0.25) is 4.90 Å². The van der Waals surface area contributed by atoms with E-state index in [2.05, 4.69) is 51.1 Å². The summed E-state index contributed by atoms with van der Waals surface area (Å²) in [5.41, 5.74) is 5.39. The summed E-state index contributed by atoms with van der Waals surface area (Å²) in [6, 6.07) is 30.0. The first-order valence-corrected chi connectivity index (χ1v) is 17.5. The fourth-order valence-corrected chi connectivity index (χ4v) is 6.61. The summed E-state index contributed by atoms with van der Waals surface area (Å²) in [5.74, 6) is 0.594. The van der Waals surface area contributed by atoms with Crippen LogP contribution < -0.4 is 14.5 Å².